The van der Waals surface area contributed by atoms with Crippen molar-refractivity contribution in [2.75, 3.05) is 13.2 Å². The monoisotopic (exact) mass is 1030 g/mol. The molecule has 2 aromatic rings. The highest BCUT2D eigenvalue weighted by Gasteiger charge is 2.50. The molecular formula is C48H60N10O16. The fourth-order valence-electron chi connectivity index (χ4n) is 9.17. The van der Waals surface area contributed by atoms with Gasteiger partial charge in [-0.25, -0.2) is 9.59 Å². The van der Waals surface area contributed by atoms with Crippen LogP contribution in [-0.2, 0) is 79.8 Å². The van der Waals surface area contributed by atoms with Gasteiger partial charge in [0.1, 0.15) is 60.8 Å². The molecule has 4 aliphatic heterocycles. The van der Waals surface area contributed by atoms with Crippen molar-refractivity contribution in [3.8, 4) is 0 Å². The molecule has 10 atom stereocenters. The first-order valence-electron chi connectivity index (χ1n) is 24.1. The predicted octanol–water partition coefficient (Wildman–Crippen LogP) is -3.44. The number of benzene rings is 2. The molecule has 26 nitrogen and oxygen atoms in total. The summed E-state index contributed by atoms with van der Waals surface area (Å²) >= 11 is 0. The molecule has 0 unspecified atom stereocenters. The molecule has 0 aliphatic carbocycles. The number of nitrogens with one attached hydrogen (secondary N) is 6. The van der Waals surface area contributed by atoms with Crippen molar-refractivity contribution >= 4 is 71.0 Å². The maximum atomic E-state index is 13.7. The fraction of sp³-hybridized carbons (Fsp3) is 0.500. The van der Waals surface area contributed by atoms with Crippen LogP contribution in [0.1, 0.15) is 75.3 Å². The number of carbonyl (C=O) groups is 12. The Morgan fingerprint density at radius 1 is 0.541 bits per heavy atom. The number of nitrogens with two attached hydrogens (primary N) is 2. The van der Waals surface area contributed by atoms with E-state index in [1.165, 1.54) is 0 Å². The summed E-state index contributed by atoms with van der Waals surface area (Å²) in [6.45, 7) is -0.549. The third kappa shape index (κ3) is 14.8. The van der Waals surface area contributed by atoms with Gasteiger partial charge in [-0.1, -0.05) is 60.7 Å². The van der Waals surface area contributed by atoms with Gasteiger partial charge in [0.2, 0.25) is 59.1 Å². The normalized spacial score (nSPS) is 22.6. The molecular weight excluding hydrogens is 973 g/mol. The minimum absolute atomic E-state index is 0.0964. The van der Waals surface area contributed by atoms with Crippen LogP contribution in [0.2, 0.25) is 0 Å². The molecule has 398 valence electrons. The third-order valence-corrected chi connectivity index (χ3v) is 12.9. The van der Waals surface area contributed by atoms with E-state index >= 15 is 0 Å². The zero-order valence-electron chi connectivity index (χ0n) is 40.1. The predicted molar refractivity (Wildman–Crippen MR) is 252 cm³/mol. The molecule has 0 saturated carbocycles. The number of hydrogen-bond donors (Lipinski definition) is 10. The van der Waals surface area contributed by atoms with Crippen LogP contribution in [0.25, 0.3) is 0 Å². The highest BCUT2D eigenvalue weighted by Crippen LogP contribution is 2.30. The maximum absolute atomic E-state index is 13.7. The summed E-state index contributed by atoms with van der Waals surface area (Å²) in [7, 11) is 0. The molecule has 12 N–H and O–H groups in total. The molecule has 4 heterocycles. The summed E-state index contributed by atoms with van der Waals surface area (Å²) in [5, 5.41) is 34.3. The zero-order valence-corrected chi connectivity index (χ0v) is 40.1. The average Bonchev–Trinajstić information content (AvgIpc) is 4.00. The third-order valence-electron chi connectivity index (χ3n) is 12.9. The number of aliphatic carboxylic acids is 2. The Balaban J connectivity index is 0.947. The van der Waals surface area contributed by atoms with Crippen molar-refractivity contribution < 1.29 is 77.2 Å². The first-order chi connectivity index (χ1) is 35.3. The van der Waals surface area contributed by atoms with E-state index in [-0.39, 0.29) is 77.4 Å². The van der Waals surface area contributed by atoms with Crippen LogP contribution in [0, 0.1) is 0 Å². The highest BCUT2D eigenvalue weighted by atomic mass is 16.5. The number of ether oxygens (including phenoxy) is 2. The minimum atomic E-state index is -1.60. The van der Waals surface area contributed by atoms with E-state index in [1.54, 1.807) is 60.7 Å². The van der Waals surface area contributed by atoms with Crippen LogP contribution in [0.3, 0.4) is 0 Å². The van der Waals surface area contributed by atoms with E-state index in [9.17, 15) is 67.7 Å². The standard InChI is InChI=1S/C48H60N10O16/c49-35(59)21-29(41(63)55-31(47(69)70)19-25-9-3-1-4-10-25)53-43(65)33-23-73-39-17-15-27(45(67)57(33)39)51-37(61)13-7-8-14-38(62)52-28-16-18-40-58(46(28)68)34(24-74-40)44(66)54-30(22-36(50)60)42(64)56-32(48(71)72)20-26-11-5-2-6-12-26/h1-6,9-12,27-34,39-40H,7-8,13-24H2,(H2,49,59)(H2,50,60)(H,51,61)(H,52,62)(H,53,65)(H,54,66)(H,55,63)(H,56,64)(H,69,70)(H,71,72)/t27-,28-,29-,30-,31-,32-,33-,34-,39-,40-/m0/s1. The van der Waals surface area contributed by atoms with Crippen LogP contribution in [0.4, 0.5) is 0 Å². The number of carboxylic acids is 2. The number of piperidine rings is 2. The molecule has 4 fully saturated rings. The molecule has 0 radical (unpaired) electrons. The molecule has 0 bridgehead atoms. The van der Waals surface area contributed by atoms with Gasteiger partial charge in [-0.15, -0.1) is 0 Å². The van der Waals surface area contributed by atoms with E-state index in [0.717, 1.165) is 9.80 Å². The van der Waals surface area contributed by atoms with E-state index in [1.807, 2.05) is 0 Å². The molecule has 0 aromatic heterocycles. The lowest BCUT2D eigenvalue weighted by Gasteiger charge is -2.36. The topological polar surface area (TPSA) is 394 Å². The second kappa shape index (κ2) is 25.6. The van der Waals surface area contributed by atoms with Crippen molar-refractivity contribution in [3.05, 3.63) is 71.8 Å². The number of nitrogens with zero attached hydrogens (tertiary/aromatic N) is 2. The van der Waals surface area contributed by atoms with Gasteiger partial charge in [0, 0.05) is 25.7 Å². The number of carbonyl (C=O) groups excluding carboxylic acids is 10. The van der Waals surface area contributed by atoms with Gasteiger partial charge in [0.25, 0.3) is 0 Å². The second-order valence-corrected chi connectivity index (χ2v) is 18.3. The Morgan fingerprint density at radius 2 is 0.905 bits per heavy atom. The van der Waals surface area contributed by atoms with E-state index in [2.05, 4.69) is 31.9 Å². The molecule has 74 heavy (non-hydrogen) atoms. The van der Waals surface area contributed by atoms with Crippen LogP contribution < -0.4 is 43.4 Å². The average molecular weight is 1030 g/mol. The zero-order chi connectivity index (χ0) is 53.6. The number of fused-ring (bicyclic) bond motifs is 2. The van der Waals surface area contributed by atoms with E-state index in [0.29, 0.717) is 11.1 Å². The summed E-state index contributed by atoms with van der Waals surface area (Å²) in [5.41, 5.74) is 11.9. The van der Waals surface area contributed by atoms with Crippen LogP contribution in [-0.4, -0.2) is 165 Å². The lowest BCUT2D eigenvalue weighted by molar-refractivity contribution is -0.150. The lowest BCUT2D eigenvalue weighted by Crippen LogP contribution is -2.61. The van der Waals surface area contributed by atoms with Crippen molar-refractivity contribution in [2.24, 2.45) is 11.5 Å². The van der Waals surface area contributed by atoms with Gasteiger partial charge in [-0.3, -0.25) is 47.9 Å². The van der Waals surface area contributed by atoms with E-state index in [4.69, 9.17) is 20.9 Å². The summed E-state index contributed by atoms with van der Waals surface area (Å²) in [5.74, 6) is -10.7. The van der Waals surface area contributed by atoms with Crippen molar-refractivity contribution in [1.82, 2.24) is 41.7 Å². The fourth-order valence-corrected chi connectivity index (χ4v) is 9.17. The summed E-state index contributed by atoms with van der Waals surface area (Å²) in [6.07, 6.45) is -2.23. The Bertz CT molecular complexity index is 2300. The number of amides is 10. The molecule has 4 saturated heterocycles. The van der Waals surface area contributed by atoms with Gasteiger partial charge >= 0.3 is 11.9 Å². The smallest absolute Gasteiger partial charge is 0.326 e. The number of primary amides is 2. The molecule has 0 spiro atoms. The molecule has 4 aliphatic rings. The second-order valence-electron chi connectivity index (χ2n) is 18.3. The highest BCUT2D eigenvalue weighted by molar-refractivity contribution is 5.99. The summed E-state index contributed by atoms with van der Waals surface area (Å²) < 4.78 is 11.4. The largest absolute Gasteiger partial charge is 0.480 e. The van der Waals surface area contributed by atoms with Crippen molar-refractivity contribution in [1.29, 1.82) is 0 Å². The van der Waals surface area contributed by atoms with Gasteiger partial charge in [0.15, 0.2) is 0 Å². The quantitative estimate of drug-likeness (QED) is 0.0433. The van der Waals surface area contributed by atoms with Crippen LogP contribution in [0.5, 0.6) is 0 Å². The van der Waals surface area contributed by atoms with Crippen LogP contribution >= 0.6 is 0 Å². The molecule has 2 aromatic carbocycles. The van der Waals surface area contributed by atoms with Crippen molar-refractivity contribution in [2.45, 2.75) is 138 Å². The van der Waals surface area contributed by atoms with Gasteiger partial charge in [-0.05, 0) is 49.7 Å². The SMILES string of the molecule is NC(=O)C[C@H](NC(=O)[C@@H]1CO[C@H]2CC[C@H](NC(=O)CCCCC(=O)N[C@H]3CC[C@@H]4OC[C@@H](C(=O)N[C@@H](CC(N)=O)C(=O)N[C@@H](Cc5ccccc5)C(=O)O)N4C3=O)C(=O)N21)C(=O)N[C@@H](Cc1ccccc1)C(=O)O. The molecule has 10 amide bonds. The number of rotatable bonds is 25. The van der Waals surface area contributed by atoms with Gasteiger partial charge < -0.3 is 72.9 Å². The minimum Gasteiger partial charge on any atom is -0.480 e. The Labute approximate surface area is 423 Å². The summed E-state index contributed by atoms with van der Waals surface area (Å²) in [6, 6.07) is 6.21. The first kappa shape index (κ1) is 55.3. The number of unbranched alkanes of at least 4 members (excludes halogenated alkanes) is 1. The van der Waals surface area contributed by atoms with Crippen molar-refractivity contribution in [3.63, 3.8) is 0 Å². The summed E-state index contributed by atoms with van der Waals surface area (Å²) in [4.78, 5) is 157. The number of hydrogen-bond acceptors (Lipinski definition) is 14. The Hall–Kier alpha value is -8.00. The molecule has 6 rings (SSSR count). The van der Waals surface area contributed by atoms with Crippen LogP contribution in [0.15, 0.2) is 60.7 Å². The van der Waals surface area contributed by atoms with E-state index < -0.39 is 145 Å². The maximum Gasteiger partial charge on any atom is 0.326 e. The number of carboxylic acid groups (broad SMARTS) is 2. The van der Waals surface area contributed by atoms with Gasteiger partial charge in [-0.2, -0.15) is 0 Å². The lowest BCUT2D eigenvalue weighted by atomic mass is 10.0. The van der Waals surface area contributed by atoms with Gasteiger partial charge in [0.05, 0.1) is 26.1 Å². The Kier molecular flexibility index (Phi) is 19.1. The first-order valence-corrected chi connectivity index (χ1v) is 24.1. The molecule has 26 heteroatoms. The Morgan fingerprint density at radius 3 is 1.24 bits per heavy atom.